The smallest absolute Gasteiger partial charge is 0.269 e. The van der Waals surface area contributed by atoms with E-state index in [0.29, 0.717) is 67.6 Å². The molecule has 16 rings (SSSR count). The Balaban J connectivity index is 1.10. The number of hydrogen-bond donors (Lipinski definition) is 0. The van der Waals surface area contributed by atoms with Crippen LogP contribution in [0.3, 0.4) is 0 Å². The SMILES string of the molecule is [2H]c1c([2H])c([2H])c(-c2cccc3c2-c2ccccc2-c2cc([Si](c4c([2H])c([2H])c([2H])c([2H])c4[2H])(c4c([2H])c([2H])c([2H])c([2H])c4[2H])c4c([2H])c([2H])c([2H])c([2H])c4[2H])cc4c2[n+]([c-]n4-c2cccc(Oc4ccc5c6ccccc6n(-c6cc(C(C)(C)C)ccn6)c5c4)c2)-c2c(-c4ccc(C(C)(C)C)cc4)cccc2-3)c([2H])c1[2H]. The lowest BCUT2D eigenvalue weighted by Gasteiger charge is -2.35. The van der Waals surface area contributed by atoms with Crippen LogP contribution < -0.4 is 30.1 Å². The monoisotopic (exact) mass is 1220 g/mol. The molecular weight excluding hydrogens is 1130 g/mol. The van der Waals surface area contributed by atoms with Crippen LogP contribution in [0.2, 0.25) is 0 Å². The molecule has 5 nitrogen and oxygen atoms in total. The van der Waals surface area contributed by atoms with Gasteiger partial charge in [-0.3, -0.25) is 13.7 Å². The van der Waals surface area contributed by atoms with Gasteiger partial charge in [0.2, 0.25) is 0 Å². The molecule has 1 aliphatic heterocycles. The Bertz CT molecular complexity index is 6310. The quantitative estimate of drug-likeness (QED) is 0.0592. The Morgan fingerprint density at radius 3 is 1.68 bits per heavy atom. The summed E-state index contributed by atoms with van der Waals surface area (Å²) in [7, 11) is -5.98. The Morgan fingerprint density at radius 1 is 0.424 bits per heavy atom. The minimum Gasteiger partial charge on any atom is -0.458 e. The molecule has 4 heterocycles. The van der Waals surface area contributed by atoms with Gasteiger partial charge in [0.15, 0.2) is 8.07 Å². The van der Waals surface area contributed by atoms with Gasteiger partial charge < -0.3 is 4.74 Å². The number of benzene rings is 12. The molecule has 1 aliphatic rings. The van der Waals surface area contributed by atoms with Crippen molar-refractivity contribution < 1.29 is 36.7 Å². The Kier molecular flexibility index (Phi) is 9.32. The number of ether oxygens (including phenoxy) is 1. The van der Waals surface area contributed by atoms with Gasteiger partial charge in [-0.15, -0.1) is 0 Å². The topological polar surface area (TPSA) is 35.9 Å². The molecule has 0 fully saturated rings. The number of fused-ring (bicyclic) bond motifs is 10. The highest BCUT2D eigenvalue weighted by Gasteiger charge is 2.43. The number of nitrogens with zero attached hydrogens (tertiary/aromatic N) is 4. The predicted molar refractivity (Wildman–Crippen MR) is 384 cm³/mol. The fourth-order valence-corrected chi connectivity index (χ4v) is 17.0. The lowest BCUT2D eigenvalue weighted by molar-refractivity contribution is -0.570. The van der Waals surface area contributed by atoms with Crippen LogP contribution in [0.15, 0.2) is 303 Å². The van der Waals surface area contributed by atoms with Crippen LogP contribution in [-0.4, -0.2) is 22.2 Å². The van der Waals surface area contributed by atoms with Gasteiger partial charge in [0, 0.05) is 23.0 Å². The molecule has 0 spiro atoms. The summed E-state index contributed by atoms with van der Waals surface area (Å²) in [6.07, 6.45) is 5.59. The van der Waals surface area contributed by atoms with Crippen LogP contribution in [0.25, 0.3) is 106 Å². The van der Waals surface area contributed by atoms with Crippen molar-refractivity contribution in [2.45, 2.75) is 52.4 Å². The van der Waals surface area contributed by atoms with E-state index in [9.17, 15) is 19.2 Å². The molecule has 6 heteroatoms. The second-order valence-corrected chi connectivity index (χ2v) is 28.6. The third-order valence-corrected chi connectivity index (χ3v) is 21.7. The van der Waals surface area contributed by atoms with E-state index in [1.165, 1.54) is 0 Å². The molecule has 0 N–H and O–H groups in total. The minimum atomic E-state index is -5.98. The summed E-state index contributed by atoms with van der Waals surface area (Å²) >= 11 is 0. The number of imidazole rings is 1. The molecule has 0 amide bonds. The summed E-state index contributed by atoms with van der Waals surface area (Å²) in [4.78, 5) is 4.91. The first kappa shape index (κ1) is 38.6. The first-order chi connectivity index (χ1) is 53.2. The number of pyridine rings is 1. The zero-order chi connectivity index (χ0) is 79.7. The zero-order valence-electron chi connectivity index (χ0n) is 71.0. The van der Waals surface area contributed by atoms with E-state index in [2.05, 4.69) is 64.6 Å². The average Bonchev–Trinajstić information content (AvgIpc) is 0.826. The summed E-state index contributed by atoms with van der Waals surface area (Å²) in [5.74, 6) is 1.44. The van der Waals surface area contributed by atoms with Crippen LogP contribution in [0.5, 0.6) is 11.5 Å². The van der Waals surface area contributed by atoms with Crippen molar-refractivity contribution in [3.8, 4) is 84.3 Å². The van der Waals surface area contributed by atoms with Gasteiger partial charge in [0.1, 0.15) is 17.3 Å². The largest absolute Gasteiger partial charge is 0.458 e. The third kappa shape index (κ3) is 9.43. The van der Waals surface area contributed by atoms with Crippen molar-refractivity contribution in [2.75, 3.05) is 0 Å². The van der Waals surface area contributed by atoms with Crippen LogP contribution in [0, 0.1) is 6.33 Å². The van der Waals surface area contributed by atoms with Crippen LogP contribution >= 0.6 is 0 Å². The summed E-state index contributed by atoms with van der Waals surface area (Å²) in [5, 5.41) is -0.413. The van der Waals surface area contributed by atoms with E-state index in [0.717, 1.165) is 38.5 Å². The number of rotatable bonds is 10. The molecule has 0 bridgehead atoms. The van der Waals surface area contributed by atoms with Crippen molar-refractivity contribution >= 4 is 61.7 Å². The van der Waals surface area contributed by atoms with Gasteiger partial charge in [-0.2, -0.15) is 0 Å². The van der Waals surface area contributed by atoms with Crippen molar-refractivity contribution in [3.63, 3.8) is 0 Å². The van der Waals surface area contributed by atoms with E-state index in [1.54, 1.807) is 83.6 Å². The third-order valence-electron chi connectivity index (χ3n) is 17.5. The van der Waals surface area contributed by atoms with Gasteiger partial charge in [0.25, 0.3) is 6.33 Å². The second-order valence-electron chi connectivity index (χ2n) is 25.0. The molecule has 0 unspecified atom stereocenters. The first-order valence-corrected chi connectivity index (χ1v) is 32.3. The molecule has 0 aliphatic carbocycles. The standard InChI is InChI=1S/C86H68N4OSi/c1-85(2,3)60-46-44-59(45-47-60)70-40-25-42-76-75-41-24-39-69(58-26-11-7-12-27-58)82(75)74-38-20-19-36-71(74)77-55-68(92(65-30-13-8-14-31-65,66-32-15-9-16-33-66)67-34-17-10-18-35-67)56-80-84(77)89(83(70)76)57-88(80)62-28-23-29-63(53-62)91-64-48-49-73-72-37-21-22-43-78(72)90(79(73)54-64)81-52-61(50-51-87-81)86(4,5)6/h7-56H,1-6H3/i7D,8D,9D,10D,11D,12D,13D,14D,15D,16D,17D,18D,26D,27D,30D,31D,32D,33D,34D,35D. The maximum Gasteiger partial charge on any atom is 0.269 e. The maximum atomic E-state index is 10.2. The highest BCUT2D eigenvalue weighted by molar-refractivity contribution is 7.20. The summed E-state index contributed by atoms with van der Waals surface area (Å²) in [6, 6.07) is 37.5. The zero-order valence-corrected chi connectivity index (χ0v) is 52.0. The van der Waals surface area contributed by atoms with E-state index < -0.39 is 144 Å². The van der Waals surface area contributed by atoms with E-state index >= 15 is 0 Å². The molecule has 0 saturated carbocycles. The maximum absolute atomic E-state index is 10.2. The fourth-order valence-electron chi connectivity index (χ4n) is 13.2. The summed E-state index contributed by atoms with van der Waals surface area (Å²) in [6.45, 7) is 12.8. The van der Waals surface area contributed by atoms with E-state index in [4.69, 9.17) is 17.9 Å². The second kappa shape index (κ2) is 22.2. The van der Waals surface area contributed by atoms with Gasteiger partial charge in [-0.05, 0) is 147 Å². The molecule has 12 aromatic carbocycles. The Labute approximate surface area is 567 Å². The highest BCUT2D eigenvalue weighted by atomic mass is 28.3. The number of hydrogen-bond acceptors (Lipinski definition) is 2. The molecule has 0 saturated heterocycles. The van der Waals surface area contributed by atoms with Gasteiger partial charge >= 0.3 is 0 Å². The predicted octanol–water partition coefficient (Wildman–Crippen LogP) is 18.6. The van der Waals surface area contributed by atoms with E-state index in [-0.39, 0.29) is 38.2 Å². The van der Waals surface area contributed by atoms with Gasteiger partial charge in [0.05, 0.1) is 60.9 Å². The lowest BCUT2D eigenvalue weighted by atomic mass is 9.83. The van der Waals surface area contributed by atoms with Crippen LogP contribution in [0.1, 0.15) is 80.1 Å². The summed E-state index contributed by atoms with van der Waals surface area (Å²) in [5.41, 5.74) is 8.32. The van der Waals surface area contributed by atoms with Gasteiger partial charge in [-0.1, -0.05) is 284 Å². The Morgan fingerprint density at radius 2 is 1.00 bits per heavy atom. The number of para-hydroxylation sites is 2. The molecule has 92 heavy (non-hydrogen) atoms. The van der Waals surface area contributed by atoms with Crippen LogP contribution in [-0.2, 0) is 10.8 Å². The normalized spacial score (nSPS) is 15.3. The van der Waals surface area contributed by atoms with Crippen molar-refractivity contribution in [1.29, 1.82) is 0 Å². The molecule has 0 radical (unpaired) electrons. The Hall–Kier alpha value is -10.9. The molecular formula is C86H68N4OSi. The first-order valence-electron chi connectivity index (χ1n) is 40.3. The van der Waals surface area contributed by atoms with Crippen molar-refractivity contribution in [2.24, 2.45) is 0 Å². The van der Waals surface area contributed by atoms with Gasteiger partial charge in [-0.25, -0.2) is 4.98 Å². The lowest BCUT2D eigenvalue weighted by Crippen LogP contribution is -2.74. The average molecular weight is 1220 g/mol. The fraction of sp³-hybridized carbons (Fsp3) is 0.0930. The van der Waals surface area contributed by atoms with Crippen molar-refractivity contribution in [1.82, 2.24) is 14.1 Å². The summed E-state index contributed by atoms with van der Waals surface area (Å²) < 4.78 is 204. The molecule has 15 aromatic rings. The molecule has 0 atom stereocenters. The highest BCUT2D eigenvalue weighted by Crippen LogP contribution is 2.49. The van der Waals surface area contributed by atoms with Crippen LogP contribution in [0.4, 0.5) is 0 Å². The van der Waals surface area contributed by atoms with E-state index in [1.807, 2.05) is 95.6 Å². The molecule has 442 valence electrons. The number of aromatic nitrogens is 4. The van der Waals surface area contributed by atoms with Crippen molar-refractivity contribution in [3.05, 3.63) is 320 Å². The minimum absolute atomic E-state index is 0.141. The molecule has 3 aromatic heterocycles.